The smallest absolute Gasteiger partial charge is 0.235 e. The Morgan fingerprint density at radius 3 is 3.04 bits per heavy atom. The second-order valence-corrected chi connectivity index (χ2v) is 7.22. The van der Waals surface area contributed by atoms with E-state index in [4.69, 9.17) is 5.73 Å². The zero-order valence-corrected chi connectivity index (χ0v) is 15.1. The number of carbonyl (C=O) groups excluding carboxylic acids is 1. The molecule has 2 aliphatic rings. The number of halogens is 1. The van der Waals surface area contributed by atoms with E-state index in [1.807, 2.05) is 16.5 Å². The lowest BCUT2D eigenvalue weighted by Crippen LogP contribution is -2.48. The van der Waals surface area contributed by atoms with Crippen LogP contribution in [0.5, 0.6) is 0 Å². The number of fused-ring (bicyclic) bond motifs is 1. The minimum atomic E-state index is -0.185. The third-order valence-electron chi connectivity index (χ3n) is 4.62. The summed E-state index contributed by atoms with van der Waals surface area (Å²) < 4.78 is 0. The van der Waals surface area contributed by atoms with Gasteiger partial charge in [0.05, 0.1) is 6.33 Å². The molecule has 0 bridgehead atoms. The lowest BCUT2D eigenvalue weighted by atomic mass is 9.80. The van der Waals surface area contributed by atoms with Crippen LogP contribution in [0.3, 0.4) is 0 Å². The van der Waals surface area contributed by atoms with Crippen LogP contribution < -0.4 is 16.0 Å². The number of amides is 1. The Kier molecular flexibility index (Phi) is 5.45. The van der Waals surface area contributed by atoms with E-state index in [1.54, 1.807) is 6.33 Å². The van der Waals surface area contributed by atoms with Gasteiger partial charge in [0.25, 0.3) is 0 Å². The number of imidazole rings is 1. The zero-order valence-electron chi connectivity index (χ0n) is 13.5. The van der Waals surface area contributed by atoms with Gasteiger partial charge < -0.3 is 20.9 Å². The van der Waals surface area contributed by atoms with Crippen LogP contribution in [0.15, 0.2) is 24.3 Å². The van der Waals surface area contributed by atoms with Crippen molar-refractivity contribution in [3.8, 4) is 0 Å². The van der Waals surface area contributed by atoms with Crippen molar-refractivity contribution < 1.29 is 4.79 Å². The van der Waals surface area contributed by atoms with Gasteiger partial charge in [-0.05, 0) is 24.2 Å². The molecular weight excluding hydrogens is 362 g/mol. The average Bonchev–Trinajstić information content (AvgIpc) is 3.09. The predicted octanol–water partition coefficient (Wildman–Crippen LogP) is 1.02. The summed E-state index contributed by atoms with van der Waals surface area (Å²) in [5.74, 6) is 1.16. The molecule has 0 saturated heterocycles. The lowest BCUT2D eigenvalue weighted by molar-refractivity contribution is -0.120. The first-order valence-electron chi connectivity index (χ1n) is 7.98. The molecule has 4 rings (SSSR count). The summed E-state index contributed by atoms with van der Waals surface area (Å²) in [4.78, 5) is 30.1. The highest BCUT2D eigenvalue weighted by Crippen LogP contribution is 2.28. The molecule has 0 radical (unpaired) electrons. The number of thioether (sulfide) groups is 1. The first-order chi connectivity index (χ1) is 11.7. The molecule has 3 atom stereocenters. The Morgan fingerprint density at radius 2 is 2.28 bits per heavy atom. The van der Waals surface area contributed by atoms with Crippen LogP contribution in [0, 0.1) is 5.92 Å². The molecule has 2 aromatic rings. The Balaban J connectivity index is 0.00000182. The molecule has 1 saturated carbocycles. The minimum absolute atomic E-state index is 0. The van der Waals surface area contributed by atoms with Crippen molar-refractivity contribution in [1.82, 2.24) is 25.3 Å². The Morgan fingerprint density at radius 1 is 1.40 bits per heavy atom. The molecule has 0 aromatic carbocycles. The third-order valence-corrected chi connectivity index (χ3v) is 5.59. The third kappa shape index (κ3) is 3.58. The van der Waals surface area contributed by atoms with Gasteiger partial charge in [-0.3, -0.25) is 4.79 Å². The van der Waals surface area contributed by atoms with E-state index in [1.165, 1.54) is 18.1 Å². The lowest BCUT2D eigenvalue weighted by Gasteiger charge is -2.34. The van der Waals surface area contributed by atoms with Crippen molar-refractivity contribution in [3.63, 3.8) is 0 Å². The summed E-state index contributed by atoms with van der Waals surface area (Å²) in [5.41, 5.74) is 7.32. The van der Waals surface area contributed by atoms with E-state index in [-0.39, 0.29) is 29.6 Å². The van der Waals surface area contributed by atoms with Crippen LogP contribution in [0.2, 0.25) is 0 Å². The number of aromatic nitrogens is 4. The number of hydrogen-bond donors (Lipinski definition) is 3. The molecule has 1 fully saturated rings. The fraction of sp³-hybridized carbons (Fsp3) is 0.467. The molecule has 4 N–H and O–H groups in total. The number of carbonyl (C=O) groups is 1. The summed E-state index contributed by atoms with van der Waals surface area (Å²) in [6.07, 6.45) is 7.18. The van der Waals surface area contributed by atoms with E-state index < -0.39 is 0 Å². The van der Waals surface area contributed by atoms with E-state index in [0.717, 1.165) is 12.8 Å². The highest BCUT2D eigenvalue weighted by Gasteiger charge is 2.30. The monoisotopic (exact) mass is 381 g/mol. The quantitative estimate of drug-likeness (QED) is 0.724. The number of rotatable bonds is 4. The first kappa shape index (κ1) is 18.0. The van der Waals surface area contributed by atoms with Gasteiger partial charge in [-0.1, -0.05) is 0 Å². The molecule has 1 aliphatic carbocycles. The molecule has 0 unspecified atom stereocenters. The zero-order chi connectivity index (χ0) is 16.5. The van der Waals surface area contributed by atoms with Gasteiger partial charge in [0.1, 0.15) is 11.6 Å². The van der Waals surface area contributed by atoms with Crippen LogP contribution >= 0.6 is 24.2 Å². The van der Waals surface area contributed by atoms with E-state index in [0.29, 0.717) is 36.0 Å². The maximum atomic E-state index is 12.5. The summed E-state index contributed by atoms with van der Waals surface area (Å²) >= 11 is 1.52. The number of hydrogen-bond acceptors (Lipinski definition) is 7. The Labute approximate surface area is 155 Å². The average molecular weight is 382 g/mol. The highest BCUT2D eigenvalue weighted by molar-refractivity contribution is 8.03. The Bertz CT molecular complexity index is 782. The van der Waals surface area contributed by atoms with Crippen LogP contribution in [-0.4, -0.2) is 50.2 Å². The van der Waals surface area contributed by atoms with Crippen molar-refractivity contribution in [2.45, 2.75) is 24.1 Å². The summed E-state index contributed by atoms with van der Waals surface area (Å²) in [7, 11) is 0. The van der Waals surface area contributed by atoms with Gasteiger partial charge in [0, 0.05) is 25.3 Å². The van der Waals surface area contributed by atoms with E-state index in [2.05, 4.69) is 25.3 Å². The largest absolute Gasteiger partial charge is 0.355 e. The molecule has 2 aromatic heterocycles. The van der Waals surface area contributed by atoms with Crippen molar-refractivity contribution in [2.24, 2.45) is 11.7 Å². The maximum absolute atomic E-state index is 12.5. The molecule has 3 heterocycles. The summed E-state index contributed by atoms with van der Waals surface area (Å²) in [6, 6.07) is 0.231. The fourth-order valence-electron chi connectivity index (χ4n) is 2.94. The topological polar surface area (TPSA) is 113 Å². The van der Waals surface area contributed by atoms with E-state index >= 15 is 0 Å². The van der Waals surface area contributed by atoms with Gasteiger partial charge in [-0.15, -0.1) is 24.2 Å². The van der Waals surface area contributed by atoms with Crippen LogP contribution in [0.4, 0.5) is 5.82 Å². The van der Waals surface area contributed by atoms with Gasteiger partial charge in [-0.2, -0.15) is 0 Å². The van der Waals surface area contributed by atoms with Crippen molar-refractivity contribution in [1.29, 1.82) is 0 Å². The normalized spacial score (nSPS) is 25.3. The number of H-pyrrole nitrogens is 1. The first-order valence-corrected chi connectivity index (χ1v) is 8.93. The second kappa shape index (κ2) is 7.59. The van der Waals surface area contributed by atoms with Crippen molar-refractivity contribution >= 4 is 47.1 Å². The van der Waals surface area contributed by atoms with Crippen LogP contribution in [0.25, 0.3) is 11.2 Å². The molecular formula is C15H20ClN7OS. The molecule has 1 amide bonds. The predicted molar refractivity (Wildman–Crippen MR) is 101 cm³/mol. The van der Waals surface area contributed by atoms with Gasteiger partial charge in [-0.25, -0.2) is 15.0 Å². The van der Waals surface area contributed by atoms with Crippen LogP contribution in [0.1, 0.15) is 12.8 Å². The van der Waals surface area contributed by atoms with Crippen molar-refractivity contribution in [3.05, 3.63) is 24.3 Å². The Hall–Kier alpha value is -1.84. The maximum Gasteiger partial charge on any atom is 0.235 e. The number of nitrogens with two attached hydrogens (primary N) is 1. The summed E-state index contributed by atoms with van der Waals surface area (Å²) in [6.45, 7) is 1.21. The molecule has 1 aliphatic heterocycles. The number of anilines is 1. The minimum Gasteiger partial charge on any atom is -0.355 e. The van der Waals surface area contributed by atoms with Crippen LogP contribution in [-0.2, 0) is 4.79 Å². The molecule has 25 heavy (non-hydrogen) atoms. The molecule has 0 spiro atoms. The molecule has 8 nitrogen and oxygen atoms in total. The molecule has 10 heteroatoms. The van der Waals surface area contributed by atoms with Gasteiger partial charge in [0.2, 0.25) is 5.91 Å². The van der Waals surface area contributed by atoms with Gasteiger partial charge >= 0.3 is 0 Å². The number of nitrogens with zero attached hydrogens (tertiary/aromatic N) is 4. The fourth-order valence-corrected chi connectivity index (χ4v) is 3.80. The van der Waals surface area contributed by atoms with E-state index in [9.17, 15) is 4.79 Å². The standard InChI is InChI=1S/C15H19N7OS.ClH/c16-10-2-1-9(10)5-17-15(23)11-6-22(3-4-24-11)14-12-13(19-7-18-12)20-8-21-14;/h3-4,7-11H,1-2,5-6,16H2,(H,17,23)(H,18,19,20,21);1H/t9-,10-,11+;/m0./s1. The highest BCUT2D eigenvalue weighted by atomic mass is 35.5. The number of nitrogens with one attached hydrogen (secondary N) is 2. The molecule has 134 valence electrons. The SMILES string of the molecule is Cl.N[C@H]1CC[C@H]1CNC(=O)[C@H]1CN(c2ncnc3[nH]cnc23)C=CS1. The van der Waals surface area contributed by atoms with Crippen molar-refractivity contribution in [2.75, 3.05) is 18.0 Å². The number of aromatic amines is 1. The second-order valence-electron chi connectivity index (χ2n) is 6.11. The summed E-state index contributed by atoms with van der Waals surface area (Å²) in [5, 5.41) is 4.77. The van der Waals surface area contributed by atoms with Gasteiger partial charge in [0.15, 0.2) is 17.0 Å².